The van der Waals surface area contributed by atoms with Crippen LogP contribution in [0.1, 0.15) is 19.4 Å². The van der Waals surface area contributed by atoms with Gasteiger partial charge in [0.2, 0.25) is 5.95 Å². The van der Waals surface area contributed by atoms with Crippen molar-refractivity contribution in [3.63, 3.8) is 0 Å². The van der Waals surface area contributed by atoms with Crippen molar-refractivity contribution in [3.05, 3.63) is 42.1 Å². The summed E-state index contributed by atoms with van der Waals surface area (Å²) < 4.78 is 38.9. The number of anilines is 3. The van der Waals surface area contributed by atoms with E-state index in [1.54, 1.807) is 0 Å². The van der Waals surface area contributed by atoms with Crippen LogP contribution in [0.4, 0.5) is 30.6 Å². The number of hydrogen-bond acceptors (Lipinski definition) is 4. The van der Waals surface area contributed by atoms with E-state index < -0.39 is 11.7 Å². The van der Waals surface area contributed by atoms with Gasteiger partial charge >= 0.3 is 6.18 Å². The zero-order chi connectivity index (χ0) is 16.2. The summed E-state index contributed by atoms with van der Waals surface area (Å²) in [5, 5.41) is 5.73. The van der Waals surface area contributed by atoms with Crippen molar-refractivity contribution in [1.29, 1.82) is 0 Å². The molecule has 1 aromatic heterocycles. The van der Waals surface area contributed by atoms with Crippen LogP contribution in [0.5, 0.6) is 0 Å². The summed E-state index contributed by atoms with van der Waals surface area (Å²) in [5.74, 6) is 1.09. The molecule has 1 heterocycles. The molecule has 2 rings (SSSR count). The van der Waals surface area contributed by atoms with Crippen molar-refractivity contribution in [1.82, 2.24) is 9.97 Å². The van der Waals surface area contributed by atoms with Crippen LogP contribution >= 0.6 is 0 Å². The maximum absolute atomic E-state index is 13.0. The molecule has 0 saturated heterocycles. The number of nitrogens with zero attached hydrogens (tertiary/aromatic N) is 2. The third-order valence-corrected chi connectivity index (χ3v) is 2.82. The number of hydrogen-bond donors (Lipinski definition) is 2. The normalized spacial score (nSPS) is 11.5. The van der Waals surface area contributed by atoms with Crippen molar-refractivity contribution >= 4 is 17.5 Å². The molecular formula is C15H17F3N4. The Bertz CT molecular complexity index is 626. The molecule has 7 heteroatoms. The molecule has 0 unspecified atom stereocenters. The molecular weight excluding hydrogens is 293 g/mol. The predicted octanol–water partition coefficient (Wildman–Crippen LogP) is 4.31. The van der Waals surface area contributed by atoms with E-state index in [0.29, 0.717) is 24.2 Å². The first-order valence-corrected chi connectivity index (χ1v) is 6.86. The molecule has 1 aromatic carbocycles. The summed E-state index contributed by atoms with van der Waals surface area (Å²) in [6, 6.07) is 6.81. The van der Waals surface area contributed by atoms with E-state index in [-0.39, 0.29) is 5.69 Å². The SMILES string of the molecule is CC(C)CNc1nccc(Nc2ccccc2C(F)(F)F)n1. The number of halogens is 3. The fourth-order valence-electron chi connectivity index (χ4n) is 1.79. The summed E-state index contributed by atoms with van der Waals surface area (Å²) >= 11 is 0. The van der Waals surface area contributed by atoms with Crippen LogP contribution in [-0.2, 0) is 6.18 Å². The average Bonchev–Trinajstić information content (AvgIpc) is 2.45. The van der Waals surface area contributed by atoms with E-state index in [1.807, 2.05) is 13.8 Å². The zero-order valence-electron chi connectivity index (χ0n) is 12.3. The van der Waals surface area contributed by atoms with Gasteiger partial charge in [-0.1, -0.05) is 26.0 Å². The highest BCUT2D eigenvalue weighted by atomic mass is 19.4. The van der Waals surface area contributed by atoms with E-state index in [1.165, 1.54) is 30.5 Å². The van der Waals surface area contributed by atoms with Gasteiger partial charge in [-0.25, -0.2) is 4.98 Å². The second-order valence-corrected chi connectivity index (χ2v) is 5.21. The van der Waals surface area contributed by atoms with Crippen LogP contribution in [0.15, 0.2) is 36.5 Å². The maximum atomic E-state index is 13.0. The quantitative estimate of drug-likeness (QED) is 0.864. The Kier molecular flexibility index (Phi) is 4.85. The lowest BCUT2D eigenvalue weighted by atomic mass is 10.1. The van der Waals surface area contributed by atoms with Gasteiger partial charge in [-0.2, -0.15) is 18.2 Å². The third kappa shape index (κ3) is 4.34. The lowest BCUT2D eigenvalue weighted by Crippen LogP contribution is -2.12. The number of nitrogens with one attached hydrogen (secondary N) is 2. The largest absolute Gasteiger partial charge is 0.418 e. The van der Waals surface area contributed by atoms with Crippen LogP contribution in [0.2, 0.25) is 0 Å². The minimum Gasteiger partial charge on any atom is -0.354 e. The Morgan fingerprint density at radius 2 is 1.86 bits per heavy atom. The van der Waals surface area contributed by atoms with Crippen molar-refractivity contribution in [2.24, 2.45) is 5.92 Å². The van der Waals surface area contributed by atoms with Crippen LogP contribution in [-0.4, -0.2) is 16.5 Å². The number of alkyl halides is 3. The zero-order valence-corrected chi connectivity index (χ0v) is 12.3. The summed E-state index contributed by atoms with van der Waals surface area (Å²) in [5.41, 5.74) is -0.770. The first kappa shape index (κ1) is 16.1. The predicted molar refractivity (Wildman–Crippen MR) is 80.1 cm³/mol. The van der Waals surface area contributed by atoms with Crippen molar-refractivity contribution in [3.8, 4) is 0 Å². The lowest BCUT2D eigenvalue weighted by Gasteiger charge is -2.14. The van der Waals surface area contributed by atoms with Gasteiger partial charge < -0.3 is 10.6 Å². The Morgan fingerprint density at radius 3 is 2.55 bits per heavy atom. The number of benzene rings is 1. The molecule has 0 amide bonds. The average molecular weight is 310 g/mol. The first-order chi connectivity index (χ1) is 10.4. The highest BCUT2D eigenvalue weighted by Gasteiger charge is 2.33. The van der Waals surface area contributed by atoms with E-state index in [9.17, 15) is 13.2 Å². The minimum atomic E-state index is -4.42. The van der Waals surface area contributed by atoms with E-state index in [0.717, 1.165) is 6.07 Å². The maximum Gasteiger partial charge on any atom is 0.418 e. The number of para-hydroxylation sites is 1. The third-order valence-electron chi connectivity index (χ3n) is 2.82. The monoisotopic (exact) mass is 310 g/mol. The number of aromatic nitrogens is 2. The van der Waals surface area contributed by atoms with Gasteiger partial charge in [-0.05, 0) is 24.1 Å². The molecule has 0 aliphatic rings. The summed E-state index contributed by atoms with van der Waals surface area (Å²) in [4.78, 5) is 8.20. The molecule has 0 bridgehead atoms. The van der Waals surface area contributed by atoms with Gasteiger partial charge in [-0.3, -0.25) is 0 Å². The van der Waals surface area contributed by atoms with Crippen LogP contribution in [0.3, 0.4) is 0 Å². The molecule has 0 radical (unpaired) electrons. The van der Waals surface area contributed by atoms with E-state index in [2.05, 4.69) is 20.6 Å². The van der Waals surface area contributed by atoms with Gasteiger partial charge in [-0.15, -0.1) is 0 Å². The Balaban J connectivity index is 2.19. The molecule has 0 saturated carbocycles. The van der Waals surface area contributed by atoms with Gasteiger partial charge in [0.15, 0.2) is 0 Å². The van der Waals surface area contributed by atoms with Crippen LogP contribution in [0, 0.1) is 5.92 Å². The summed E-state index contributed by atoms with van der Waals surface area (Å²) in [6.45, 7) is 4.76. The molecule has 0 fully saturated rings. The minimum absolute atomic E-state index is 0.0384. The van der Waals surface area contributed by atoms with Crippen molar-refractivity contribution in [2.45, 2.75) is 20.0 Å². The fourth-order valence-corrected chi connectivity index (χ4v) is 1.79. The first-order valence-electron chi connectivity index (χ1n) is 6.86. The topological polar surface area (TPSA) is 49.8 Å². The molecule has 4 nitrogen and oxygen atoms in total. The molecule has 0 aliphatic carbocycles. The second kappa shape index (κ2) is 6.64. The smallest absolute Gasteiger partial charge is 0.354 e. The molecule has 2 N–H and O–H groups in total. The number of rotatable bonds is 5. The fraction of sp³-hybridized carbons (Fsp3) is 0.333. The highest BCUT2D eigenvalue weighted by Crippen LogP contribution is 2.35. The van der Waals surface area contributed by atoms with E-state index in [4.69, 9.17) is 0 Å². The second-order valence-electron chi connectivity index (χ2n) is 5.21. The Hall–Kier alpha value is -2.31. The molecule has 0 aliphatic heterocycles. The summed E-state index contributed by atoms with van der Waals surface area (Å²) in [6.07, 6.45) is -2.93. The molecule has 2 aromatic rings. The summed E-state index contributed by atoms with van der Waals surface area (Å²) in [7, 11) is 0. The highest BCUT2D eigenvalue weighted by molar-refractivity contribution is 5.61. The van der Waals surface area contributed by atoms with Gasteiger partial charge in [0.05, 0.1) is 11.3 Å². The Labute approximate surface area is 126 Å². The lowest BCUT2D eigenvalue weighted by molar-refractivity contribution is -0.136. The van der Waals surface area contributed by atoms with E-state index >= 15 is 0 Å². The van der Waals surface area contributed by atoms with Crippen molar-refractivity contribution in [2.75, 3.05) is 17.2 Å². The van der Waals surface area contributed by atoms with Gasteiger partial charge in [0.1, 0.15) is 5.82 Å². The molecule has 22 heavy (non-hydrogen) atoms. The van der Waals surface area contributed by atoms with Crippen LogP contribution in [0.25, 0.3) is 0 Å². The standard InChI is InChI=1S/C15H17F3N4/c1-10(2)9-20-14-19-8-7-13(22-14)21-12-6-4-3-5-11(12)15(16,17)18/h3-8,10H,9H2,1-2H3,(H2,19,20,21,22). The molecule has 118 valence electrons. The molecule has 0 atom stereocenters. The van der Waals surface area contributed by atoms with Crippen LogP contribution < -0.4 is 10.6 Å². The van der Waals surface area contributed by atoms with Gasteiger partial charge in [0.25, 0.3) is 0 Å². The molecule has 0 spiro atoms. The van der Waals surface area contributed by atoms with Crippen molar-refractivity contribution < 1.29 is 13.2 Å². The van der Waals surface area contributed by atoms with Gasteiger partial charge in [0, 0.05) is 12.7 Å². The Morgan fingerprint density at radius 1 is 1.14 bits per heavy atom.